The monoisotopic (exact) mass is 277 g/mol. The van der Waals surface area contributed by atoms with Crippen molar-refractivity contribution in [2.24, 2.45) is 5.41 Å². The number of thioether (sulfide) groups is 1. The van der Waals surface area contributed by atoms with Crippen molar-refractivity contribution in [1.29, 1.82) is 0 Å². The van der Waals surface area contributed by atoms with Crippen LogP contribution in [0.3, 0.4) is 0 Å². The quantitative estimate of drug-likeness (QED) is 0.823. The van der Waals surface area contributed by atoms with Gasteiger partial charge in [0.05, 0.1) is 0 Å². The van der Waals surface area contributed by atoms with Gasteiger partial charge in [-0.3, -0.25) is 0 Å². The van der Waals surface area contributed by atoms with Crippen LogP contribution in [0.5, 0.6) is 0 Å². The molecule has 2 rings (SSSR count). The van der Waals surface area contributed by atoms with E-state index in [0.717, 1.165) is 0 Å². The van der Waals surface area contributed by atoms with E-state index in [4.69, 9.17) is 0 Å². The fourth-order valence-corrected chi connectivity index (χ4v) is 4.23. The molecule has 1 saturated heterocycles. The maximum absolute atomic E-state index is 3.83. The number of anilines is 1. The summed E-state index contributed by atoms with van der Waals surface area (Å²) in [5.41, 5.74) is 3.31. The first-order valence-electron chi connectivity index (χ1n) is 7.24. The Morgan fingerprint density at radius 3 is 2.53 bits per heavy atom. The second kappa shape index (κ2) is 5.40. The van der Waals surface area contributed by atoms with Crippen molar-refractivity contribution in [1.82, 2.24) is 0 Å². The summed E-state index contributed by atoms with van der Waals surface area (Å²) in [5.74, 6) is 2.51. The molecular formula is C17H27NS. The van der Waals surface area contributed by atoms with Crippen LogP contribution in [0.25, 0.3) is 0 Å². The van der Waals surface area contributed by atoms with E-state index in [-0.39, 0.29) is 5.41 Å². The fourth-order valence-electron chi connectivity index (χ4n) is 2.62. The van der Waals surface area contributed by atoms with E-state index in [0.29, 0.717) is 11.5 Å². The Balaban J connectivity index is 2.24. The number of hydrogen-bond acceptors (Lipinski definition) is 2. The first-order valence-corrected chi connectivity index (χ1v) is 8.40. The van der Waals surface area contributed by atoms with Gasteiger partial charge in [-0.2, -0.15) is 11.8 Å². The number of benzene rings is 1. The van der Waals surface area contributed by atoms with Gasteiger partial charge in [0.1, 0.15) is 0 Å². The van der Waals surface area contributed by atoms with E-state index in [1.54, 1.807) is 0 Å². The molecular weight excluding hydrogens is 250 g/mol. The topological polar surface area (TPSA) is 12.0 Å². The number of nitrogens with one attached hydrogen (secondary N) is 1. The Kier molecular flexibility index (Phi) is 4.20. The van der Waals surface area contributed by atoms with Gasteiger partial charge >= 0.3 is 0 Å². The van der Waals surface area contributed by atoms with Crippen LogP contribution < -0.4 is 5.32 Å². The van der Waals surface area contributed by atoms with E-state index in [1.807, 2.05) is 0 Å². The van der Waals surface area contributed by atoms with Crippen LogP contribution in [0, 0.1) is 5.41 Å². The molecule has 1 heterocycles. The van der Waals surface area contributed by atoms with Crippen molar-refractivity contribution in [3.8, 4) is 0 Å². The molecule has 0 saturated carbocycles. The summed E-state index contributed by atoms with van der Waals surface area (Å²) in [6, 6.07) is 9.34. The van der Waals surface area contributed by atoms with Gasteiger partial charge in [-0.15, -0.1) is 0 Å². The lowest BCUT2D eigenvalue weighted by Crippen LogP contribution is -2.42. The molecule has 0 bridgehead atoms. The minimum Gasteiger partial charge on any atom is -0.381 e. The largest absolute Gasteiger partial charge is 0.381 e. The number of hydrogen-bond donors (Lipinski definition) is 1. The van der Waals surface area contributed by atoms with Gasteiger partial charge < -0.3 is 5.32 Å². The molecule has 0 aromatic heterocycles. The highest BCUT2D eigenvalue weighted by Crippen LogP contribution is 2.38. The molecule has 19 heavy (non-hydrogen) atoms. The molecule has 2 heteroatoms. The molecule has 1 aromatic rings. The average Bonchev–Trinajstić information content (AvgIpc) is 2.31. The highest BCUT2D eigenvalue weighted by Gasteiger charge is 2.33. The van der Waals surface area contributed by atoms with E-state index in [9.17, 15) is 0 Å². The zero-order chi connectivity index (χ0) is 14.1. The summed E-state index contributed by atoms with van der Waals surface area (Å²) in [7, 11) is 0. The Morgan fingerprint density at radius 2 is 1.89 bits per heavy atom. The molecule has 1 aromatic carbocycles. The van der Waals surface area contributed by atoms with Gasteiger partial charge in [0, 0.05) is 17.5 Å². The maximum Gasteiger partial charge on any atom is 0.0403 e. The third-order valence-corrected chi connectivity index (χ3v) is 5.25. The van der Waals surface area contributed by atoms with Crippen molar-refractivity contribution in [3.63, 3.8) is 0 Å². The highest BCUT2D eigenvalue weighted by molar-refractivity contribution is 7.99. The van der Waals surface area contributed by atoms with Crippen LogP contribution in [0.2, 0.25) is 0 Å². The molecule has 1 aliphatic heterocycles. The Bertz CT molecular complexity index is 431. The van der Waals surface area contributed by atoms with E-state index < -0.39 is 0 Å². The van der Waals surface area contributed by atoms with Gasteiger partial charge in [-0.1, -0.05) is 52.8 Å². The van der Waals surface area contributed by atoms with Crippen molar-refractivity contribution >= 4 is 17.4 Å². The van der Waals surface area contributed by atoms with Crippen molar-refractivity contribution < 1.29 is 0 Å². The van der Waals surface area contributed by atoms with Crippen LogP contribution in [0.4, 0.5) is 5.69 Å². The van der Waals surface area contributed by atoms with Crippen LogP contribution in [0.1, 0.15) is 46.6 Å². The predicted octanol–water partition coefficient (Wildman–Crippen LogP) is 4.93. The lowest BCUT2D eigenvalue weighted by Gasteiger charge is -2.40. The SMILES string of the molecule is CC(C)(C)c1ccccc1NC1CSCCC1(C)C. The summed E-state index contributed by atoms with van der Waals surface area (Å²) in [6.07, 6.45) is 1.30. The molecule has 0 spiro atoms. The molecule has 1 fully saturated rings. The lowest BCUT2D eigenvalue weighted by atomic mass is 9.81. The summed E-state index contributed by atoms with van der Waals surface area (Å²) < 4.78 is 0. The van der Waals surface area contributed by atoms with Crippen LogP contribution in [0.15, 0.2) is 24.3 Å². The molecule has 1 aliphatic rings. The van der Waals surface area contributed by atoms with E-state index in [1.165, 1.54) is 29.2 Å². The number of rotatable bonds is 2. The van der Waals surface area contributed by atoms with E-state index in [2.05, 4.69) is 76.0 Å². The second-order valence-electron chi connectivity index (χ2n) is 7.31. The molecule has 0 amide bonds. The van der Waals surface area contributed by atoms with Crippen molar-refractivity contribution in [2.75, 3.05) is 16.8 Å². The van der Waals surface area contributed by atoms with Crippen LogP contribution in [-0.2, 0) is 5.41 Å². The van der Waals surface area contributed by atoms with E-state index >= 15 is 0 Å². The van der Waals surface area contributed by atoms with Gasteiger partial charge in [0.15, 0.2) is 0 Å². The maximum atomic E-state index is 3.83. The standard InChI is InChI=1S/C17H27NS/c1-16(2,3)13-8-6-7-9-14(13)18-15-12-19-11-10-17(15,4)5/h6-9,15,18H,10-12H2,1-5H3. The molecule has 0 radical (unpaired) electrons. The summed E-state index contributed by atoms with van der Waals surface area (Å²) >= 11 is 2.08. The average molecular weight is 277 g/mol. The fraction of sp³-hybridized carbons (Fsp3) is 0.647. The Labute approximate surface area is 122 Å². The summed E-state index contributed by atoms with van der Waals surface area (Å²) in [4.78, 5) is 0. The minimum absolute atomic E-state index is 0.190. The third-order valence-electron chi connectivity index (χ3n) is 4.18. The molecule has 1 atom stereocenters. The Hall–Kier alpha value is -0.630. The molecule has 0 aliphatic carbocycles. The highest BCUT2D eigenvalue weighted by atomic mass is 32.2. The summed E-state index contributed by atoms with van der Waals surface area (Å²) in [5, 5.41) is 3.83. The first kappa shape index (κ1) is 14.8. The van der Waals surface area contributed by atoms with Crippen LogP contribution >= 0.6 is 11.8 Å². The summed E-state index contributed by atoms with van der Waals surface area (Å²) in [6.45, 7) is 11.6. The first-order chi connectivity index (χ1) is 8.81. The van der Waals surface area contributed by atoms with Crippen LogP contribution in [-0.4, -0.2) is 17.5 Å². The normalized spacial score (nSPS) is 23.1. The van der Waals surface area contributed by atoms with Gasteiger partial charge in [-0.25, -0.2) is 0 Å². The zero-order valence-corrected chi connectivity index (χ0v) is 13.7. The second-order valence-corrected chi connectivity index (χ2v) is 8.46. The predicted molar refractivity (Wildman–Crippen MR) is 88.3 cm³/mol. The van der Waals surface area contributed by atoms with Gasteiger partial charge in [0.2, 0.25) is 0 Å². The van der Waals surface area contributed by atoms with Crippen molar-refractivity contribution in [2.45, 2.75) is 52.5 Å². The molecule has 1 nitrogen and oxygen atoms in total. The molecule has 1 unspecified atom stereocenters. The molecule has 1 N–H and O–H groups in total. The minimum atomic E-state index is 0.190. The number of para-hydroxylation sites is 1. The lowest BCUT2D eigenvalue weighted by molar-refractivity contribution is 0.305. The Morgan fingerprint density at radius 1 is 1.21 bits per heavy atom. The third kappa shape index (κ3) is 3.47. The smallest absolute Gasteiger partial charge is 0.0403 e. The van der Waals surface area contributed by atoms with Gasteiger partial charge in [0.25, 0.3) is 0 Å². The van der Waals surface area contributed by atoms with Crippen molar-refractivity contribution in [3.05, 3.63) is 29.8 Å². The molecule has 106 valence electrons. The zero-order valence-electron chi connectivity index (χ0n) is 12.9. The van der Waals surface area contributed by atoms with Gasteiger partial charge in [-0.05, 0) is 34.6 Å².